The third-order valence-electron chi connectivity index (χ3n) is 2.53. The number of amides is 1. The maximum Gasteiger partial charge on any atom is 0.234 e. The van der Waals surface area contributed by atoms with Gasteiger partial charge in [0.25, 0.3) is 0 Å². The zero-order chi connectivity index (χ0) is 16.5. The number of carbonyl (C=O) groups excluding carboxylic acids is 1. The SMILES string of the molecule is CCCCSSc1nnc(SCC(=O)Nc2cccc(Cl)c2)s1. The number of hydrogen-bond donors (Lipinski definition) is 1. The molecule has 0 atom stereocenters. The van der Waals surface area contributed by atoms with E-state index in [4.69, 9.17) is 11.6 Å². The van der Waals surface area contributed by atoms with E-state index in [9.17, 15) is 4.79 Å². The van der Waals surface area contributed by atoms with Crippen LogP contribution >= 0.6 is 56.3 Å². The van der Waals surface area contributed by atoms with Crippen LogP contribution in [0.3, 0.4) is 0 Å². The highest BCUT2D eigenvalue weighted by Gasteiger charge is 2.09. The first-order valence-corrected chi connectivity index (χ1v) is 11.5. The fourth-order valence-corrected chi connectivity index (χ4v) is 5.99. The van der Waals surface area contributed by atoms with Gasteiger partial charge in [-0.2, -0.15) is 0 Å². The molecular formula is C14H16ClN3OS4. The van der Waals surface area contributed by atoms with Gasteiger partial charge in [0.15, 0.2) is 8.68 Å². The van der Waals surface area contributed by atoms with Gasteiger partial charge in [0.2, 0.25) is 5.91 Å². The van der Waals surface area contributed by atoms with Crippen molar-refractivity contribution >= 4 is 67.9 Å². The molecular weight excluding hydrogens is 390 g/mol. The van der Waals surface area contributed by atoms with E-state index in [1.54, 1.807) is 39.8 Å². The summed E-state index contributed by atoms with van der Waals surface area (Å²) in [6.45, 7) is 2.18. The number of hydrogen-bond acceptors (Lipinski definition) is 7. The second-order valence-corrected chi connectivity index (χ2v) is 9.74. The smallest absolute Gasteiger partial charge is 0.234 e. The molecule has 23 heavy (non-hydrogen) atoms. The fraction of sp³-hybridized carbons (Fsp3) is 0.357. The number of nitrogens with zero attached hydrogens (tertiary/aromatic N) is 2. The lowest BCUT2D eigenvalue weighted by atomic mass is 10.3. The minimum absolute atomic E-state index is 0.0843. The number of carbonyl (C=O) groups is 1. The van der Waals surface area contributed by atoms with Crippen LogP contribution in [0.5, 0.6) is 0 Å². The van der Waals surface area contributed by atoms with Crippen LogP contribution in [0.4, 0.5) is 5.69 Å². The van der Waals surface area contributed by atoms with Crippen molar-refractivity contribution in [2.24, 2.45) is 0 Å². The zero-order valence-corrected chi connectivity index (χ0v) is 16.5. The topological polar surface area (TPSA) is 54.9 Å². The first kappa shape index (κ1) is 18.9. The summed E-state index contributed by atoms with van der Waals surface area (Å²) < 4.78 is 1.74. The average molecular weight is 406 g/mol. The first-order chi connectivity index (χ1) is 11.2. The molecule has 0 saturated carbocycles. The summed E-state index contributed by atoms with van der Waals surface area (Å²) in [6, 6.07) is 7.10. The third-order valence-corrected chi connectivity index (χ3v) is 7.56. The Morgan fingerprint density at radius 3 is 2.96 bits per heavy atom. The number of anilines is 1. The maximum absolute atomic E-state index is 11.9. The lowest BCUT2D eigenvalue weighted by Crippen LogP contribution is -2.13. The van der Waals surface area contributed by atoms with E-state index in [1.807, 2.05) is 6.07 Å². The van der Waals surface area contributed by atoms with Gasteiger partial charge < -0.3 is 5.32 Å². The molecule has 0 saturated heterocycles. The van der Waals surface area contributed by atoms with Crippen molar-refractivity contribution in [2.75, 3.05) is 16.8 Å². The normalized spacial score (nSPS) is 10.7. The average Bonchev–Trinajstić information content (AvgIpc) is 2.98. The molecule has 1 aromatic carbocycles. The third kappa shape index (κ3) is 7.34. The van der Waals surface area contributed by atoms with Crippen molar-refractivity contribution in [1.29, 1.82) is 0 Å². The Hall–Kier alpha value is -0.410. The lowest BCUT2D eigenvalue weighted by molar-refractivity contribution is -0.113. The zero-order valence-electron chi connectivity index (χ0n) is 12.5. The van der Waals surface area contributed by atoms with Gasteiger partial charge in [0.1, 0.15) is 0 Å². The Labute approximate surface area is 157 Å². The highest BCUT2D eigenvalue weighted by Crippen LogP contribution is 2.36. The monoisotopic (exact) mass is 405 g/mol. The molecule has 1 aromatic heterocycles. The first-order valence-electron chi connectivity index (χ1n) is 6.98. The van der Waals surface area contributed by atoms with E-state index in [1.165, 1.54) is 35.9 Å². The predicted octanol–water partition coefficient (Wildman–Crippen LogP) is 5.46. The van der Waals surface area contributed by atoms with E-state index in [0.717, 1.165) is 14.4 Å². The molecule has 1 amide bonds. The number of thioether (sulfide) groups is 1. The second kappa shape index (κ2) is 10.5. The van der Waals surface area contributed by atoms with Gasteiger partial charge in [-0.1, -0.05) is 64.9 Å². The van der Waals surface area contributed by atoms with Gasteiger partial charge in [0, 0.05) is 16.5 Å². The second-order valence-electron chi connectivity index (χ2n) is 4.44. The summed E-state index contributed by atoms with van der Waals surface area (Å²) in [5, 5.41) is 11.6. The summed E-state index contributed by atoms with van der Waals surface area (Å²) in [5.74, 6) is 1.33. The summed E-state index contributed by atoms with van der Waals surface area (Å²) in [6.07, 6.45) is 2.41. The number of unbranched alkanes of at least 4 members (excludes halogenated alkanes) is 1. The van der Waals surface area contributed by atoms with E-state index in [0.29, 0.717) is 16.5 Å². The Bertz CT molecular complexity index is 638. The Morgan fingerprint density at radius 1 is 1.35 bits per heavy atom. The molecule has 0 aliphatic heterocycles. The summed E-state index contributed by atoms with van der Waals surface area (Å²) >= 11 is 8.81. The molecule has 4 nitrogen and oxygen atoms in total. The van der Waals surface area contributed by atoms with Crippen molar-refractivity contribution in [3.05, 3.63) is 29.3 Å². The molecule has 0 radical (unpaired) electrons. The molecule has 0 aliphatic carbocycles. The Balaban J connectivity index is 1.73. The summed E-state index contributed by atoms with van der Waals surface area (Å²) in [7, 11) is 3.45. The Morgan fingerprint density at radius 2 is 2.17 bits per heavy atom. The number of nitrogens with one attached hydrogen (secondary N) is 1. The quantitative estimate of drug-likeness (QED) is 0.339. The lowest BCUT2D eigenvalue weighted by Gasteiger charge is -2.04. The highest BCUT2D eigenvalue weighted by atomic mass is 35.5. The summed E-state index contributed by atoms with van der Waals surface area (Å²) in [4.78, 5) is 11.9. The van der Waals surface area contributed by atoms with Crippen LogP contribution in [0.1, 0.15) is 19.8 Å². The number of benzene rings is 1. The maximum atomic E-state index is 11.9. The van der Waals surface area contributed by atoms with Crippen molar-refractivity contribution in [3.8, 4) is 0 Å². The van der Waals surface area contributed by atoms with Crippen LogP contribution in [0, 0.1) is 0 Å². The number of halogens is 1. The largest absolute Gasteiger partial charge is 0.325 e. The van der Waals surface area contributed by atoms with E-state index < -0.39 is 0 Å². The molecule has 9 heteroatoms. The molecule has 0 spiro atoms. The van der Waals surface area contributed by atoms with Gasteiger partial charge in [-0.05, 0) is 35.4 Å². The molecule has 124 valence electrons. The van der Waals surface area contributed by atoms with Crippen LogP contribution in [0.15, 0.2) is 32.9 Å². The molecule has 0 aliphatic rings. The molecule has 0 unspecified atom stereocenters. The van der Waals surface area contributed by atoms with E-state index in [2.05, 4.69) is 22.4 Å². The van der Waals surface area contributed by atoms with Gasteiger partial charge in [0.05, 0.1) is 5.75 Å². The van der Waals surface area contributed by atoms with Crippen molar-refractivity contribution in [3.63, 3.8) is 0 Å². The van der Waals surface area contributed by atoms with Crippen LogP contribution in [0.25, 0.3) is 0 Å². The predicted molar refractivity (Wildman–Crippen MR) is 104 cm³/mol. The molecule has 1 heterocycles. The van der Waals surface area contributed by atoms with Gasteiger partial charge in [-0.15, -0.1) is 10.2 Å². The van der Waals surface area contributed by atoms with Crippen LogP contribution < -0.4 is 5.32 Å². The molecule has 1 N–H and O–H groups in total. The van der Waals surface area contributed by atoms with Gasteiger partial charge >= 0.3 is 0 Å². The van der Waals surface area contributed by atoms with Crippen molar-refractivity contribution in [1.82, 2.24) is 10.2 Å². The highest BCUT2D eigenvalue weighted by molar-refractivity contribution is 8.77. The number of aromatic nitrogens is 2. The van der Waals surface area contributed by atoms with Crippen LogP contribution in [-0.2, 0) is 4.79 Å². The standard InChI is InChI=1S/C14H16ClN3OS4/c1-2-3-7-21-23-14-18-17-13(22-14)20-9-12(19)16-11-6-4-5-10(15)8-11/h4-6,8H,2-3,7,9H2,1H3,(H,16,19). The minimum atomic E-state index is -0.0843. The van der Waals surface area contributed by atoms with Gasteiger partial charge in [-0.25, -0.2) is 0 Å². The van der Waals surface area contributed by atoms with E-state index in [-0.39, 0.29) is 5.91 Å². The van der Waals surface area contributed by atoms with Crippen molar-refractivity contribution in [2.45, 2.75) is 28.4 Å². The van der Waals surface area contributed by atoms with Crippen molar-refractivity contribution < 1.29 is 4.79 Å². The summed E-state index contributed by atoms with van der Waals surface area (Å²) in [5.41, 5.74) is 0.698. The van der Waals surface area contributed by atoms with Gasteiger partial charge in [-0.3, -0.25) is 4.79 Å². The molecule has 2 rings (SSSR count). The molecule has 0 bridgehead atoms. The van der Waals surface area contributed by atoms with Crippen LogP contribution in [0.2, 0.25) is 5.02 Å². The Kier molecular flexibility index (Phi) is 8.60. The van der Waals surface area contributed by atoms with E-state index >= 15 is 0 Å². The molecule has 0 fully saturated rings. The molecule has 2 aromatic rings. The fourth-order valence-electron chi connectivity index (χ4n) is 1.48. The van der Waals surface area contributed by atoms with Crippen LogP contribution in [-0.4, -0.2) is 27.6 Å². The minimum Gasteiger partial charge on any atom is -0.325 e. The number of rotatable bonds is 9.